The fraction of sp³-hybridized carbons (Fsp3) is 0.235. The summed E-state index contributed by atoms with van der Waals surface area (Å²) in [6.45, 7) is 1.27. The number of fused-ring (bicyclic) bond motifs is 1. The minimum atomic E-state index is -0.104. The van der Waals surface area contributed by atoms with Crippen molar-refractivity contribution >= 4 is 5.91 Å². The maximum atomic E-state index is 11.5. The number of hydrogen-bond donors (Lipinski definition) is 1. The van der Waals surface area contributed by atoms with Gasteiger partial charge in [-0.2, -0.15) is 5.10 Å². The minimum Gasteiger partial charge on any atom is -0.486 e. The van der Waals surface area contributed by atoms with E-state index >= 15 is 0 Å². The third kappa shape index (κ3) is 2.93. The highest BCUT2D eigenvalue weighted by Gasteiger charge is 2.16. The zero-order valence-corrected chi connectivity index (χ0v) is 13.7. The molecular weight excluding hydrogens is 322 g/mol. The van der Waals surface area contributed by atoms with Gasteiger partial charge in [0.25, 0.3) is 0 Å². The molecule has 1 aliphatic heterocycles. The lowest BCUT2D eigenvalue weighted by molar-refractivity contribution is -0.121. The molecule has 2 aromatic heterocycles. The van der Waals surface area contributed by atoms with E-state index in [-0.39, 0.29) is 12.5 Å². The molecule has 1 aliphatic rings. The molecule has 0 radical (unpaired) electrons. The summed E-state index contributed by atoms with van der Waals surface area (Å²) in [4.78, 5) is 15.9. The van der Waals surface area contributed by atoms with Crippen LogP contribution in [-0.4, -0.2) is 45.5 Å². The SMILES string of the molecule is CNC(=O)Cn1cc(-n2ccnc2-c2ccc3c(c2)OCCO3)cn1. The van der Waals surface area contributed by atoms with Crippen molar-refractivity contribution in [3.05, 3.63) is 43.0 Å². The Kier molecular flexibility index (Phi) is 3.85. The van der Waals surface area contributed by atoms with Gasteiger partial charge in [-0.3, -0.25) is 14.0 Å². The Morgan fingerprint density at radius 2 is 2.12 bits per heavy atom. The van der Waals surface area contributed by atoms with Gasteiger partial charge in [0.2, 0.25) is 5.91 Å². The lowest BCUT2D eigenvalue weighted by Gasteiger charge is -2.18. The number of hydrogen-bond acceptors (Lipinski definition) is 5. The molecule has 8 nitrogen and oxygen atoms in total. The summed E-state index contributed by atoms with van der Waals surface area (Å²) >= 11 is 0. The van der Waals surface area contributed by atoms with Crippen LogP contribution in [-0.2, 0) is 11.3 Å². The number of aromatic nitrogens is 4. The highest BCUT2D eigenvalue weighted by Crippen LogP contribution is 2.34. The van der Waals surface area contributed by atoms with Crippen molar-refractivity contribution in [1.29, 1.82) is 0 Å². The van der Waals surface area contributed by atoms with Crippen molar-refractivity contribution in [3.63, 3.8) is 0 Å². The van der Waals surface area contributed by atoms with Gasteiger partial charge in [0.1, 0.15) is 25.6 Å². The van der Waals surface area contributed by atoms with Gasteiger partial charge in [-0.05, 0) is 18.2 Å². The number of imidazole rings is 1. The molecule has 8 heteroatoms. The van der Waals surface area contributed by atoms with Gasteiger partial charge in [-0.25, -0.2) is 4.98 Å². The van der Waals surface area contributed by atoms with E-state index in [1.54, 1.807) is 30.3 Å². The van der Waals surface area contributed by atoms with E-state index in [9.17, 15) is 4.79 Å². The number of nitrogens with one attached hydrogen (secondary N) is 1. The number of benzene rings is 1. The molecule has 0 atom stereocenters. The topological polar surface area (TPSA) is 83.2 Å². The van der Waals surface area contributed by atoms with Crippen LogP contribution in [0.2, 0.25) is 0 Å². The van der Waals surface area contributed by atoms with Gasteiger partial charge >= 0.3 is 0 Å². The van der Waals surface area contributed by atoms with Gasteiger partial charge in [0, 0.05) is 31.2 Å². The number of carbonyl (C=O) groups is 1. The van der Waals surface area contributed by atoms with E-state index in [4.69, 9.17) is 9.47 Å². The Hall–Kier alpha value is -3.29. The van der Waals surface area contributed by atoms with Crippen molar-refractivity contribution in [3.8, 4) is 28.6 Å². The Morgan fingerprint density at radius 1 is 1.28 bits per heavy atom. The first-order valence-corrected chi connectivity index (χ1v) is 7.91. The molecule has 1 amide bonds. The molecule has 0 saturated carbocycles. The monoisotopic (exact) mass is 339 g/mol. The second-order valence-electron chi connectivity index (χ2n) is 5.55. The number of carbonyl (C=O) groups excluding carboxylic acids is 1. The summed E-state index contributed by atoms with van der Waals surface area (Å²) in [7, 11) is 1.60. The average Bonchev–Trinajstić information content (AvgIpc) is 3.30. The third-order valence-electron chi connectivity index (χ3n) is 3.92. The minimum absolute atomic E-state index is 0.104. The van der Waals surface area contributed by atoms with Crippen LogP contribution in [0, 0.1) is 0 Å². The van der Waals surface area contributed by atoms with Crippen LogP contribution >= 0.6 is 0 Å². The van der Waals surface area contributed by atoms with Crippen molar-refractivity contribution < 1.29 is 14.3 Å². The van der Waals surface area contributed by atoms with Crippen molar-refractivity contribution in [2.45, 2.75) is 6.54 Å². The van der Waals surface area contributed by atoms with Crippen LogP contribution in [0.5, 0.6) is 11.5 Å². The summed E-state index contributed by atoms with van der Waals surface area (Å²) in [5.74, 6) is 2.11. The Morgan fingerprint density at radius 3 is 2.96 bits per heavy atom. The van der Waals surface area contributed by atoms with Crippen LogP contribution in [0.4, 0.5) is 0 Å². The van der Waals surface area contributed by atoms with Gasteiger partial charge in [-0.15, -0.1) is 0 Å². The average molecular weight is 339 g/mol. The maximum Gasteiger partial charge on any atom is 0.241 e. The fourth-order valence-corrected chi connectivity index (χ4v) is 2.70. The molecule has 0 spiro atoms. The molecule has 128 valence electrons. The molecule has 1 N–H and O–H groups in total. The summed E-state index contributed by atoms with van der Waals surface area (Å²) < 4.78 is 14.7. The van der Waals surface area contributed by atoms with Gasteiger partial charge < -0.3 is 14.8 Å². The van der Waals surface area contributed by atoms with Crippen LogP contribution < -0.4 is 14.8 Å². The van der Waals surface area contributed by atoms with E-state index < -0.39 is 0 Å². The maximum absolute atomic E-state index is 11.5. The number of amides is 1. The van der Waals surface area contributed by atoms with Crippen molar-refractivity contribution in [2.75, 3.05) is 20.3 Å². The van der Waals surface area contributed by atoms with Crippen molar-refractivity contribution in [1.82, 2.24) is 24.6 Å². The normalized spacial score (nSPS) is 12.8. The van der Waals surface area contributed by atoms with Crippen molar-refractivity contribution in [2.24, 2.45) is 0 Å². The lowest BCUT2D eigenvalue weighted by atomic mass is 10.2. The number of rotatable bonds is 4. The molecule has 3 aromatic rings. The predicted octanol–water partition coefficient (Wildman–Crippen LogP) is 1.25. The molecule has 0 unspecified atom stereocenters. The van der Waals surface area contributed by atoms with Gasteiger partial charge in [0.15, 0.2) is 11.5 Å². The molecule has 25 heavy (non-hydrogen) atoms. The van der Waals surface area contributed by atoms with Gasteiger partial charge in [0.05, 0.1) is 11.9 Å². The van der Waals surface area contributed by atoms with Crippen LogP contribution in [0.3, 0.4) is 0 Å². The first kappa shape index (κ1) is 15.3. The molecule has 0 aliphatic carbocycles. The Balaban J connectivity index is 1.66. The predicted molar refractivity (Wildman–Crippen MR) is 89.8 cm³/mol. The molecule has 0 bridgehead atoms. The summed E-state index contributed by atoms with van der Waals surface area (Å²) in [6.07, 6.45) is 7.08. The second kappa shape index (κ2) is 6.31. The largest absolute Gasteiger partial charge is 0.486 e. The van der Waals surface area contributed by atoms with Gasteiger partial charge in [-0.1, -0.05) is 0 Å². The van der Waals surface area contributed by atoms with E-state index in [1.165, 1.54) is 0 Å². The van der Waals surface area contributed by atoms with E-state index in [2.05, 4.69) is 15.4 Å². The van der Waals surface area contributed by atoms with E-state index in [1.807, 2.05) is 29.0 Å². The van der Waals surface area contributed by atoms with Crippen LogP contribution in [0.25, 0.3) is 17.1 Å². The standard InChI is InChI=1S/C17H17N5O3/c1-18-16(23)11-21-10-13(9-20-21)22-5-4-19-17(22)12-2-3-14-15(8-12)25-7-6-24-14/h2-5,8-10H,6-7,11H2,1H3,(H,18,23). The first-order valence-electron chi connectivity index (χ1n) is 7.91. The summed E-state index contributed by atoms with van der Waals surface area (Å²) in [5.41, 5.74) is 1.74. The fourth-order valence-electron chi connectivity index (χ4n) is 2.70. The molecule has 0 saturated heterocycles. The summed E-state index contributed by atoms with van der Waals surface area (Å²) in [5, 5.41) is 6.81. The molecular formula is C17H17N5O3. The Labute approximate surface area is 144 Å². The molecule has 3 heterocycles. The van der Waals surface area contributed by atoms with E-state index in [0.717, 1.165) is 22.8 Å². The Bertz CT molecular complexity index is 915. The van der Waals surface area contributed by atoms with Crippen LogP contribution in [0.1, 0.15) is 0 Å². The third-order valence-corrected chi connectivity index (χ3v) is 3.92. The number of nitrogens with zero attached hydrogens (tertiary/aromatic N) is 4. The second-order valence-corrected chi connectivity index (χ2v) is 5.55. The number of ether oxygens (including phenoxy) is 2. The zero-order chi connectivity index (χ0) is 17.2. The highest BCUT2D eigenvalue weighted by atomic mass is 16.6. The smallest absolute Gasteiger partial charge is 0.241 e. The summed E-state index contributed by atoms with van der Waals surface area (Å²) in [6, 6.07) is 5.75. The molecule has 0 fully saturated rings. The van der Waals surface area contributed by atoms with Crippen LogP contribution in [0.15, 0.2) is 43.0 Å². The quantitative estimate of drug-likeness (QED) is 0.773. The highest BCUT2D eigenvalue weighted by molar-refractivity contribution is 5.75. The lowest BCUT2D eigenvalue weighted by Crippen LogP contribution is -2.23. The first-order chi connectivity index (χ1) is 12.2. The molecule has 4 rings (SSSR count). The number of likely N-dealkylation sites (N-methyl/N-ethyl adjacent to an activating group) is 1. The zero-order valence-electron chi connectivity index (χ0n) is 13.7. The molecule has 1 aromatic carbocycles. The van der Waals surface area contributed by atoms with E-state index in [0.29, 0.717) is 19.0 Å².